The molecule has 0 N–H and O–H groups in total. The summed E-state index contributed by atoms with van der Waals surface area (Å²) in [4.78, 5) is 23.1. The molecular weight excluding hydrogens is 400 g/mol. The maximum Gasteiger partial charge on any atom is 0.349 e. The van der Waals surface area contributed by atoms with E-state index in [2.05, 4.69) is 15.9 Å². The third kappa shape index (κ3) is 3.96. The Morgan fingerprint density at radius 1 is 1.12 bits per heavy atom. The molecule has 1 heterocycles. The van der Waals surface area contributed by atoms with Crippen LogP contribution in [0.3, 0.4) is 0 Å². The van der Waals surface area contributed by atoms with E-state index in [1.54, 1.807) is 36.4 Å². The third-order valence-corrected chi connectivity index (χ3v) is 3.86. The van der Waals surface area contributed by atoms with Gasteiger partial charge < -0.3 is 13.9 Å². The summed E-state index contributed by atoms with van der Waals surface area (Å²) in [6, 6.07) is 12.8. The van der Waals surface area contributed by atoms with Gasteiger partial charge in [-0.15, -0.1) is 0 Å². The maximum atomic E-state index is 11.8. The molecule has 3 rings (SSSR count). The van der Waals surface area contributed by atoms with Crippen molar-refractivity contribution in [3.8, 4) is 11.5 Å². The Labute approximate surface area is 149 Å². The number of hydrogen-bond acceptors (Lipinski definition) is 5. The molecule has 0 saturated carbocycles. The highest BCUT2D eigenvalue weighted by Crippen LogP contribution is 2.28. The first kappa shape index (κ1) is 16.5. The predicted octanol–water partition coefficient (Wildman–Crippen LogP) is 4.19. The molecule has 3 aromatic rings. The summed E-state index contributed by atoms with van der Waals surface area (Å²) in [6.45, 7) is -0.311. The predicted molar refractivity (Wildman–Crippen MR) is 92.8 cm³/mol. The standard InChI is InChI=1S/C17H10BrClO5/c18-11-3-5-14(13(19)7-11)23-17(21)9-22-12-4-1-10-2-6-16(20)24-15(10)8-12/h1-8H,9H2. The molecule has 2 aromatic carbocycles. The van der Waals surface area contributed by atoms with E-state index in [1.165, 1.54) is 12.1 Å². The Hall–Kier alpha value is -2.31. The summed E-state index contributed by atoms with van der Waals surface area (Å²) >= 11 is 9.25. The molecule has 7 heteroatoms. The average molecular weight is 410 g/mol. The molecule has 0 spiro atoms. The smallest absolute Gasteiger partial charge is 0.349 e. The van der Waals surface area contributed by atoms with Crippen molar-refractivity contribution in [1.82, 2.24) is 0 Å². The Morgan fingerprint density at radius 3 is 2.71 bits per heavy atom. The fourth-order valence-electron chi connectivity index (χ4n) is 1.98. The molecule has 24 heavy (non-hydrogen) atoms. The number of rotatable bonds is 4. The molecule has 122 valence electrons. The van der Waals surface area contributed by atoms with Crippen molar-refractivity contribution in [2.45, 2.75) is 0 Å². The van der Waals surface area contributed by atoms with Crippen molar-refractivity contribution in [1.29, 1.82) is 0 Å². The lowest BCUT2D eigenvalue weighted by Gasteiger charge is -2.08. The van der Waals surface area contributed by atoms with Crippen LogP contribution in [0.25, 0.3) is 11.0 Å². The summed E-state index contributed by atoms with van der Waals surface area (Å²) in [6.07, 6.45) is 0. The van der Waals surface area contributed by atoms with Gasteiger partial charge in [-0.3, -0.25) is 0 Å². The zero-order valence-electron chi connectivity index (χ0n) is 12.1. The van der Waals surface area contributed by atoms with Crippen molar-refractivity contribution in [3.05, 3.63) is 68.4 Å². The van der Waals surface area contributed by atoms with Gasteiger partial charge in [0.1, 0.15) is 17.1 Å². The maximum absolute atomic E-state index is 11.8. The van der Waals surface area contributed by atoms with E-state index in [0.29, 0.717) is 16.4 Å². The highest BCUT2D eigenvalue weighted by molar-refractivity contribution is 9.10. The summed E-state index contributed by atoms with van der Waals surface area (Å²) in [7, 11) is 0. The summed E-state index contributed by atoms with van der Waals surface area (Å²) in [5.74, 6) is 0.0301. The van der Waals surface area contributed by atoms with Crippen LogP contribution in [0.4, 0.5) is 0 Å². The molecule has 5 nitrogen and oxygen atoms in total. The third-order valence-electron chi connectivity index (χ3n) is 3.07. The van der Waals surface area contributed by atoms with Crippen molar-refractivity contribution >= 4 is 44.5 Å². The molecule has 0 fully saturated rings. The topological polar surface area (TPSA) is 65.7 Å². The quantitative estimate of drug-likeness (QED) is 0.367. The van der Waals surface area contributed by atoms with Gasteiger partial charge in [-0.1, -0.05) is 27.5 Å². The van der Waals surface area contributed by atoms with Gasteiger partial charge in [0.15, 0.2) is 6.61 Å². The highest BCUT2D eigenvalue weighted by atomic mass is 79.9. The fraction of sp³-hybridized carbons (Fsp3) is 0.0588. The molecule has 0 unspecified atom stereocenters. The number of ether oxygens (including phenoxy) is 2. The van der Waals surface area contributed by atoms with Crippen LogP contribution in [-0.4, -0.2) is 12.6 Å². The van der Waals surface area contributed by atoms with Crippen LogP contribution >= 0.6 is 27.5 Å². The van der Waals surface area contributed by atoms with Gasteiger partial charge in [0.05, 0.1) is 5.02 Å². The van der Waals surface area contributed by atoms with Gasteiger partial charge in [0, 0.05) is 22.0 Å². The van der Waals surface area contributed by atoms with Crippen molar-refractivity contribution in [2.24, 2.45) is 0 Å². The molecular formula is C17H10BrClO5. The molecule has 1 aromatic heterocycles. The number of hydrogen-bond donors (Lipinski definition) is 0. The molecule has 0 saturated heterocycles. The van der Waals surface area contributed by atoms with Gasteiger partial charge in [-0.2, -0.15) is 0 Å². The molecule has 0 amide bonds. The van der Waals surface area contributed by atoms with Crippen LogP contribution in [0, 0.1) is 0 Å². The molecule has 0 aliphatic heterocycles. The summed E-state index contributed by atoms with van der Waals surface area (Å²) in [5, 5.41) is 1.07. The summed E-state index contributed by atoms with van der Waals surface area (Å²) < 4.78 is 16.3. The summed E-state index contributed by atoms with van der Waals surface area (Å²) in [5.41, 5.74) is -0.0757. The van der Waals surface area contributed by atoms with E-state index >= 15 is 0 Å². The van der Waals surface area contributed by atoms with E-state index in [9.17, 15) is 9.59 Å². The van der Waals surface area contributed by atoms with E-state index in [4.69, 9.17) is 25.5 Å². The number of fused-ring (bicyclic) bond motifs is 1. The Morgan fingerprint density at radius 2 is 1.92 bits per heavy atom. The molecule has 0 aliphatic carbocycles. The first-order valence-corrected chi connectivity index (χ1v) is 8.01. The lowest BCUT2D eigenvalue weighted by Crippen LogP contribution is -2.17. The Bertz CT molecular complexity index is 967. The number of carbonyl (C=O) groups is 1. The van der Waals surface area contributed by atoms with Gasteiger partial charge >= 0.3 is 11.6 Å². The minimum absolute atomic E-state index is 0.248. The first-order chi connectivity index (χ1) is 11.5. The molecule has 0 bridgehead atoms. The molecule has 0 aliphatic rings. The van der Waals surface area contributed by atoms with Gasteiger partial charge in [0.2, 0.25) is 0 Å². The fourth-order valence-corrected chi connectivity index (χ4v) is 2.70. The molecule has 0 atom stereocenters. The van der Waals surface area contributed by atoms with E-state index in [-0.39, 0.29) is 12.4 Å². The second kappa shape index (κ2) is 7.07. The number of halogens is 2. The second-order valence-corrected chi connectivity index (χ2v) is 6.11. The van der Waals surface area contributed by atoms with Crippen LogP contribution in [0.1, 0.15) is 0 Å². The lowest BCUT2D eigenvalue weighted by atomic mass is 10.2. The average Bonchev–Trinajstić information content (AvgIpc) is 2.55. The minimum Gasteiger partial charge on any atom is -0.482 e. The van der Waals surface area contributed by atoms with Gasteiger partial charge in [0.25, 0.3) is 0 Å². The highest BCUT2D eigenvalue weighted by Gasteiger charge is 2.10. The van der Waals surface area contributed by atoms with Crippen molar-refractivity contribution in [3.63, 3.8) is 0 Å². The van der Waals surface area contributed by atoms with Gasteiger partial charge in [-0.05, 0) is 36.4 Å². The minimum atomic E-state index is -0.603. The van der Waals surface area contributed by atoms with Crippen molar-refractivity contribution < 1.29 is 18.7 Å². The lowest BCUT2D eigenvalue weighted by molar-refractivity contribution is -0.136. The second-order valence-electron chi connectivity index (χ2n) is 4.79. The largest absolute Gasteiger partial charge is 0.482 e. The normalized spacial score (nSPS) is 10.6. The zero-order valence-corrected chi connectivity index (χ0v) is 14.5. The SMILES string of the molecule is O=C(COc1ccc2ccc(=O)oc2c1)Oc1ccc(Br)cc1Cl. The van der Waals surface area contributed by atoms with Crippen LogP contribution in [0.5, 0.6) is 11.5 Å². The van der Waals surface area contributed by atoms with E-state index in [1.807, 2.05) is 0 Å². The number of benzene rings is 2. The number of carbonyl (C=O) groups excluding carboxylic acids is 1. The van der Waals surface area contributed by atoms with Crippen LogP contribution in [0.2, 0.25) is 5.02 Å². The monoisotopic (exact) mass is 408 g/mol. The number of esters is 1. The zero-order chi connectivity index (χ0) is 17.1. The van der Waals surface area contributed by atoms with Crippen LogP contribution < -0.4 is 15.1 Å². The Kier molecular flexibility index (Phi) is 4.87. The first-order valence-electron chi connectivity index (χ1n) is 6.84. The van der Waals surface area contributed by atoms with Crippen LogP contribution in [-0.2, 0) is 4.79 Å². The van der Waals surface area contributed by atoms with Crippen molar-refractivity contribution in [2.75, 3.05) is 6.61 Å². The van der Waals surface area contributed by atoms with E-state index < -0.39 is 11.6 Å². The van der Waals surface area contributed by atoms with E-state index in [0.717, 1.165) is 9.86 Å². The molecule has 0 radical (unpaired) electrons. The Balaban J connectivity index is 1.66. The van der Waals surface area contributed by atoms with Crippen LogP contribution in [0.15, 0.2) is 62.2 Å². The van der Waals surface area contributed by atoms with Gasteiger partial charge in [-0.25, -0.2) is 9.59 Å².